The van der Waals surface area contributed by atoms with E-state index >= 15 is 0 Å². The molecule has 3 aromatic rings. The molecule has 0 aromatic heterocycles. The van der Waals surface area contributed by atoms with Gasteiger partial charge in [-0.05, 0) is 0 Å². The van der Waals surface area contributed by atoms with Crippen LogP contribution in [-0.2, 0) is 0 Å². The van der Waals surface area contributed by atoms with Gasteiger partial charge in [0.05, 0.1) is 0 Å². The molecule has 0 unspecified atom stereocenters. The minimum Gasteiger partial charge on any atom is -0.0684 e. The normalized spacial score (nSPS) is 11.9. The summed E-state index contributed by atoms with van der Waals surface area (Å²) in [6, 6.07) is 35.1. The fourth-order valence-corrected chi connectivity index (χ4v) is 15.3. The fraction of sp³-hybridized carbons (Fsp3) is 0.100. The average molecular weight is 319 g/mol. The predicted octanol–water partition coefficient (Wildman–Crippen LogP) is 2.26. The molecular weight excluding hydrogens is 296 g/mol. The summed E-state index contributed by atoms with van der Waals surface area (Å²) in [6.45, 7) is 2.36. The second-order valence-electron chi connectivity index (χ2n) is 5.75. The van der Waals surface area contributed by atoms with E-state index in [-0.39, 0.29) is 9.04 Å². The summed E-state index contributed by atoms with van der Waals surface area (Å²) in [6.07, 6.45) is 0. The first-order valence-corrected chi connectivity index (χ1v) is 13.4. The number of hydrogen-bond donors (Lipinski definition) is 0. The monoisotopic (exact) mass is 318 g/mol. The Bertz CT molecular complexity index is 597. The molecule has 110 valence electrons. The van der Waals surface area contributed by atoms with Crippen molar-refractivity contribution in [3.8, 4) is 0 Å². The summed E-state index contributed by atoms with van der Waals surface area (Å²) in [4.78, 5) is 0. The van der Waals surface area contributed by atoms with Crippen molar-refractivity contribution in [1.29, 1.82) is 0 Å². The van der Waals surface area contributed by atoms with Crippen LogP contribution in [0.3, 0.4) is 0 Å². The van der Waals surface area contributed by atoms with Crippen molar-refractivity contribution >= 4 is 32.2 Å². The molecule has 0 aliphatic rings. The van der Waals surface area contributed by atoms with Crippen molar-refractivity contribution in [3.63, 3.8) is 0 Å². The summed E-state index contributed by atoms with van der Waals surface area (Å²) in [5, 5.41) is 4.71. The molecule has 0 saturated heterocycles. The Hall–Kier alpha value is -1.91. The van der Waals surface area contributed by atoms with Gasteiger partial charge in [-0.2, -0.15) is 0 Å². The number of rotatable bonds is 5. The van der Waals surface area contributed by atoms with Gasteiger partial charge in [0.25, 0.3) is 0 Å². The van der Waals surface area contributed by atoms with E-state index in [0.717, 1.165) is 0 Å². The molecule has 0 amide bonds. The van der Waals surface area contributed by atoms with Gasteiger partial charge in [-0.3, -0.25) is 0 Å². The highest BCUT2D eigenvalue weighted by molar-refractivity contribution is 7.43. The third-order valence-electron chi connectivity index (χ3n) is 4.42. The van der Waals surface area contributed by atoms with E-state index in [1.165, 1.54) is 6.04 Å². The zero-order valence-electron chi connectivity index (χ0n) is 13.1. The molecule has 2 heteroatoms. The van der Waals surface area contributed by atoms with Crippen LogP contribution in [-0.4, -0.2) is 16.6 Å². The Morgan fingerprint density at radius 1 is 0.591 bits per heavy atom. The van der Waals surface area contributed by atoms with Gasteiger partial charge in [-0.1, -0.05) is 120 Å². The van der Waals surface area contributed by atoms with Crippen LogP contribution < -0.4 is 15.6 Å². The maximum absolute atomic E-state index is 2.36. The number of benzene rings is 3. The first-order valence-electron chi connectivity index (χ1n) is 8.04. The van der Waals surface area contributed by atoms with Gasteiger partial charge in [-0.15, -0.1) is 0 Å². The lowest BCUT2D eigenvalue weighted by molar-refractivity contribution is 1.47. The van der Waals surface area contributed by atoms with Crippen molar-refractivity contribution in [2.75, 3.05) is 0 Å². The Morgan fingerprint density at radius 3 is 1.18 bits per heavy atom. The van der Waals surface area contributed by atoms with Gasteiger partial charge in [0.1, 0.15) is 7.59 Å². The van der Waals surface area contributed by atoms with Gasteiger partial charge >= 0.3 is 0 Å². The van der Waals surface area contributed by atoms with E-state index in [4.69, 9.17) is 0 Å². The van der Waals surface area contributed by atoms with Crippen molar-refractivity contribution in [2.24, 2.45) is 0 Å². The predicted molar refractivity (Wildman–Crippen MR) is 103 cm³/mol. The first kappa shape index (κ1) is 15.0. The lowest BCUT2D eigenvalue weighted by Crippen LogP contribution is -2.71. The minimum absolute atomic E-state index is 0.227. The van der Waals surface area contributed by atoms with E-state index in [9.17, 15) is 0 Å². The minimum atomic E-state index is -1.78. The molecule has 0 N–H and O–H groups in total. The summed E-state index contributed by atoms with van der Waals surface area (Å²) in [5.41, 5.74) is 0. The molecule has 0 saturated carbocycles. The topological polar surface area (TPSA) is 0 Å². The molecule has 22 heavy (non-hydrogen) atoms. The van der Waals surface area contributed by atoms with Gasteiger partial charge in [0.2, 0.25) is 0 Å². The highest BCUT2D eigenvalue weighted by atomic mass is 29.2. The zero-order valence-corrected chi connectivity index (χ0v) is 15.5. The summed E-state index contributed by atoms with van der Waals surface area (Å²) < 4.78 is 0. The largest absolute Gasteiger partial charge is 0.132 e. The molecule has 0 radical (unpaired) electrons. The maximum atomic E-state index is 2.36. The molecule has 3 rings (SSSR count). The molecule has 0 bridgehead atoms. The molecule has 0 nitrogen and oxygen atoms in total. The van der Waals surface area contributed by atoms with Crippen molar-refractivity contribution in [1.82, 2.24) is 0 Å². The summed E-state index contributed by atoms with van der Waals surface area (Å²) in [5.74, 6) is 0. The molecule has 0 aliphatic heterocycles. The van der Waals surface area contributed by atoms with Crippen molar-refractivity contribution < 1.29 is 0 Å². The zero-order chi connectivity index (χ0) is 15.3. The van der Waals surface area contributed by atoms with E-state index in [1.807, 2.05) is 0 Å². The van der Waals surface area contributed by atoms with E-state index in [0.29, 0.717) is 0 Å². The van der Waals surface area contributed by atoms with Crippen molar-refractivity contribution in [3.05, 3.63) is 91.0 Å². The third kappa shape index (κ3) is 2.72. The van der Waals surface area contributed by atoms with Crippen LogP contribution in [0.5, 0.6) is 0 Å². The third-order valence-corrected chi connectivity index (χ3v) is 17.1. The van der Waals surface area contributed by atoms with Crippen LogP contribution in [0.25, 0.3) is 0 Å². The molecule has 0 fully saturated rings. The van der Waals surface area contributed by atoms with Crippen LogP contribution in [0.2, 0.25) is 6.04 Å². The Balaban J connectivity index is 2.29. The van der Waals surface area contributed by atoms with Gasteiger partial charge in [0, 0.05) is 9.04 Å². The standard InChI is InChI=1S/C20H22Si2/c1-2-21-22(18-12-6-3-7-13-18,19-14-8-4-9-15-19)20-16-10-5-11-17-20/h3-17H,2,21H2,1H3. The molecular formula is C20H22Si2. The smallest absolute Gasteiger partial charge is 0.0684 e. The maximum Gasteiger partial charge on any atom is 0.132 e. The second kappa shape index (κ2) is 6.90. The fourth-order valence-electron chi connectivity index (χ4n) is 3.48. The van der Waals surface area contributed by atoms with E-state index in [1.54, 1.807) is 15.6 Å². The summed E-state index contributed by atoms with van der Waals surface area (Å²) >= 11 is 0. The Morgan fingerprint density at radius 2 is 0.909 bits per heavy atom. The quantitative estimate of drug-likeness (QED) is 0.500. The Kier molecular flexibility index (Phi) is 4.71. The highest BCUT2D eigenvalue weighted by Gasteiger charge is 2.37. The van der Waals surface area contributed by atoms with Crippen LogP contribution in [0, 0.1) is 0 Å². The SMILES string of the molecule is CC[SiH2][Si](c1ccccc1)(c1ccccc1)c1ccccc1. The average Bonchev–Trinajstić information content (AvgIpc) is 2.62. The van der Waals surface area contributed by atoms with Gasteiger partial charge < -0.3 is 0 Å². The molecule has 3 aromatic carbocycles. The lowest BCUT2D eigenvalue weighted by atomic mass is 10.3. The van der Waals surface area contributed by atoms with E-state index < -0.39 is 7.59 Å². The van der Waals surface area contributed by atoms with Crippen LogP contribution in [0.4, 0.5) is 0 Å². The van der Waals surface area contributed by atoms with Crippen LogP contribution >= 0.6 is 0 Å². The lowest BCUT2D eigenvalue weighted by Gasteiger charge is -2.33. The molecule has 0 aliphatic carbocycles. The van der Waals surface area contributed by atoms with Gasteiger partial charge in [0.15, 0.2) is 0 Å². The molecule has 0 heterocycles. The Labute approximate surface area is 136 Å². The molecule has 0 atom stereocenters. The first-order chi connectivity index (χ1) is 10.9. The number of hydrogen-bond acceptors (Lipinski definition) is 0. The second-order valence-corrected chi connectivity index (χ2v) is 15.5. The van der Waals surface area contributed by atoms with Gasteiger partial charge in [-0.25, -0.2) is 0 Å². The van der Waals surface area contributed by atoms with Crippen LogP contribution in [0.1, 0.15) is 6.92 Å². The highest BCUT2D eigenvalue weighted by Crippen LogP contribution is 2.08. The summed E-state index contributed by atoms with van der Waals surface area (Å²) in [7, 11) is -2.01. The molecule has 0 spiro atoms. The van der Waals surface area contributed by atoms with Crippen molar-refractivity contribution in [2.45, 2.75) is 13.0 Å². The van der Waals surface area contributed by atoms with E-state index in [2.05, 4.69) is 97.9 Å². The van der Waals surface area contributed by atoms with Crippen LogP contribution in [0.15, 0.2) is 91.0 Å².